The fourth-order valence-electron chi connectivity index (χ4n) is 1.22. The van der Waals surface area contributed by atoms with E-state index in [0.29, 0.717) is 0 Å². The van der Waals surface area contributed by atoms with Gasteiger partial charge in [0.1, 0.15) is 6.73 Å². The Labute approximate surface area is 76.3 Å². The largest absolute Gasteiger partial charge is 0.374 e. The van der Waals surface area contributed by atoms with E-state index >= 15 is 0 Å². The molecule has 0 saturated heterocycles. The van der Waals surface area contributed by atoms with Crippen LogP contribution in [0.1, 0.15) is 0 Å². The average Bonchev–Trinajstić information content (AvgIpc) is 2.67. The summed E-state index contributed by atoms with van der Waals surface area (Å²) in [4.78, 5) is 0. The topological polar surface area (TPSA) is 38.0 Å². The Hall–Kier alpha value is -1.61. The van der Waals surface area contributed by atoms with Crippen molar-refractivity contribution in [1.29, 1.82) is 0 Å². The van der Waals surface area contributed by atoms with Crippen LogP contribution in [-0.4, -0.2) is 14.9 Å². The molecule has 0 atom stereocenters. The van der Waals surface area contributed by atoms with Crippen molar-refractivity contribution in [1.82, 2.24) is 9.78 Å². The molecule has 0 radical (unpaired) electrons. The van der Waals surface area contributed by atoms with Crippen LogP contribution >= 0.6 is 0 Å². The van der Waals surface area contributed by atoms with Crippen LogP contribution in [0.4, 0.5) is 0 Å². The maximum absolute atomic E-state index is 8.80. The Kier molecular flexibility index (Phi) is 2.10. The summed E-state index contributed by atoms with van der Waals surface area (Å²) in [7, 11) is 0. The van der Waals surface area contributed by atoms with Crippen molar-refractivity contribution in [2.45, 2.75) is 6.73 Å². The summed E-state index contributed by atoms with van der Waals surface area (Å²) in [5.74, 6) is 0. The van der Waals surface area contributed by atoms with Crippen molar-refractivity contribution in [3.63, 3.8) is 0 Å². The zero-order valence-corrected chi connectivity index (χ0v) is 7.09. The number of benzene rings is 1. The number of nitrogens with zero attached hydrogens (tertiary/aromatic N) is 2. The number of hydrogen-bond acceptors (Lipinski definition) is 2. The summed E-state index contributed by atoms with van der Waals surface area (Å²) in [6, 6.07) is 9.95. The van der Waals surface area contributed by atoms with Gasteiger partial charge in [-0.1, -0.05) is 30.3 Å². The molecule has 0 aliphatic carbocycles. The number of aliphatic hydroxyl groups excluding tert-OH is 1. The van der Waals surface area contributed by atoms with Crippen LogP contribution in [0.2, 0.25) is 0 Å². The molecular formula is C10H10N2O. The fraction of sp³-hybridized carbons (Fsp3) is 0.100. The predicted molar refractivity (Wildman–Crippen MR) is 49.9 cm³/mol. The Morgan fingerprint density at radius 1 is 1.15 bits per heavy atom. The van der Waals surface area contributed by atoms with Crippen molar-refractivity contribution >= 4 is 0 Å². The monoisotopic (exact) mass is 174 g/mol. The second kappa shape index (κ2) is 3.41. The van der Waals surface area contributed by atoms with Crippen LogP contribution in [0.3, 0.4) is 0 Å². The smallest absolute Gasteiger partial charge is 0.136 e. The summed E-state index contributed by atoms with van der Waals surface area (Å²) in [6.45, 7) is -0.0766. The zero-order valence-electron chi connectivity index (χ0n) is 7.09. The van der Waals surface area contributed by atoms with E-state index in [1.807, 2.05) is 36.5 Å². The molecule has 0 saturated carbocycles. The van der Waals surface area contributed by atoms with Crippen LogP contribution in [0, 0.1) is 0 Å². The molecule has 1 N–H and O–H groups in total. The number of rotatable bonds is 2. The van der Waals surface area contributed by atoms with Gasteiger partial charge in [0, 0.05) is 11.8 Å². The first-order valence-electron chi connectivity index (χ1n) is 4.09. The van der Waals surface area contributed by atoms with Gasteiger partial charge >= 0.3 is 0 Å². The number of aromatic nitrogens is 2. The summed E-state index contributed by atoms with van der Waals surface area (Å²) < 4.78 is 1.49. The highest BCUT2D eigenvalue weighted by molar-refractivity contribution is 5.61. The average molecular weight is 174 g/mol. The molecule has 0 aliphatic rings. The lowest BCUT2D eigenvalue weighted by Gasteiger charge is -1.94. The zero-order chi connectivity index (χ0) is 9.10. The molecule has 2 rings (SSSR count). The van der Waals surface area contributed by atoms with E-state index in [4.69, 9.17) is 5.11 Å². The number of hydrogen-bond donors (Lipinski definition) is 1. The van der Waals surface area contributed by atoms with Crippen molar-refractivity contribution in [3.8, 4) is 11.1 Å². The lowest BCUT2D eigenvalue weighted by atomic mass is 10.1. The molecule has 0 amide bonds. The Morgan fingerprint density at radius 3 is 2.54 bits per heavy atom. The Balaban J connectivity index is 2.36. The van der Waals surface area contributed by atoms with Gasteiger partial charge in [-0.05, 0) is 5.56 Å². The van der Waals surface area contributed by atoms with Gasteiger partial charge < -0.3 is 5.11 Å². The van der Waals surface area contributed by atoms with E-state index in [2.05, 4.69) is 5.10 Å². The second-order valence-electron chi connectivity index (χ2n) is 2.78. The van der Waals surface area contributed by atoms with Crippen LogP contribution in [0.15, 0.2) is 42.7 Å². The molecule has 3 heteroatoms. The molecule has 66 valence electrons. The molecule has 1 aromatic heterocycles. The van der Waals surface area contributed by atoms with Crippen molar-refractivity contribution in [3.05, 3.63) is 42.7 Å². The van der Waals surface area contributed by atoms with Crippen LogP contribution in [0.25, 0.3) is 11.1 Å². The van der Waals surface area contributed by atoms with Crippen LogP contribution < -0.4 is 0 Å². The summed E-state index contributed by atoms with van der Waals surface area (Å²) >= 11 is 0. The quantitative estimate of drug-likeness (QED) is 0.749. The van der Waals surface area contributed by atoms with Gasteiger partial charge in [0.15, 0.2) is 0 Å². The first-order valence-corrected chi connectivity index (χ1v) is 4.09. The number of aliphatic hydroxyl groups is 1. The van der Waals surface area contributed by atoms with Gasteiger partial charge in [-0.2, -0.15) is 5.10 Å². The lowest BCUT2D eigenvalue weighted by molar-refractivity contribution is 0.195. The maximum Gasteiger partial charge on any atom is 0.136 e. The molecule has 0 bridgehead atoms. The molecule has 13 heavy (non-hydrogen) atoms. The fourth-order valence-corrected chi connectivity index (χ4v) is 1.22. The maximum atomic E-state index is 8.80. The second-order valence-corrected chi connectivity index (χ2v) is 2.78. The Morgan fingerprint density at radius 2 is 1.92 bits per heavy atom. The van der Waals surface area contributed by atoms with Crippen molar-refractivity contribution in [2.75, 3.05) is 0 Å². The molecule has 2 aromatic rings. The molecule has 0 unspecified atom stereocenters. The third kappa shape index (κ3) is 1.60. The first-order chi connectivity index (χ1) is 6.40. The minimum Gasteiger partial charge on any atom is -0.374 e. The normalized spacial score (nSPS) is 10.2. The Bertz CT molecular complexity index is 381. The third-order valence-electron chi connectivity index (χ3n) is 1.89. The highest BCUT2D eigenvalue weighted by atomic mass is 16.3. The molecule has 0 fully saturated rings. The predicted octanol–water partition coefficient (Wildman–Crippen LogP) is 1.50. The summed E-state index contributed by atoms with van der Waals surface area (Å²) in [5.41, 5.74) is 2.14. The van der Waals surface area contributed by atoms with Gasteiger partial charge in [-0.15, -0.1) is 0 Å². The van der Waals surface area contributed by atoms with Gasteiger partial charge in [-0.3, -0.25) is 0 Å². The van der Waals surface area contributed by atoms with E-state index in [1.165, 1.54) is 4.68 Å². The minimum atomic E-state index is -0.0766. The molecule has 3 nitrogen and oxygen atoms in total. The van der Waals surface area contributed by atoms with E-state index in [-0.39, 0.29) is 6.73 Å². The summed E-state index contributed by atoms with van der Waals surface area (Å²) in [5, 5.41) is 12.8. The van der Waals surface area contributed by atoms with Gasteiger partial charge in [0.05, 0.1) is 6.20 Å². The molecule has 1 heterocycles. The van der Waals surface area contributed by atoms with Crippen LogP contribution in [-0.2, 0) is 6.73 Å². The van der Waals surface area contributed by atoms with Crippen LogP contribution in [0.5, 0.6) is 0 Å². The molecule has 1 aromatic carbocycles. The highest BCUT2D eigenvalue weighted by Gasteiger charge is 1.98. The molecule has 0 aliphatic heterocycles. The van der Waals surface area contributed by atoms with E-state index in [0.717, 1.165) is 11.1 Å². The van der Waals surface area contributed by atoms with E-state index in [1.54, 1.807) is 6.20 Å². The van der Waals surface area contributed by atoms with Gasteiger partial charge in [0.25, 0.3) is 0 Å². The van der Waals surface area contributed by atoms with Gasteiger partial charge in [-0.25, -0.2) is 4.68 Å². The molecule has 0 spiro atoms. The van der Waals surface area contributed by atoms with Gasteiger partial charge in [0.2, 0.25) is 0 Å². The molecular weight excluding hydrogens is 164 g/mol. The summed E-state index contributed by atoms with van der Waals surface area (Å²) in [6.07, 6.45) is 3.56. The van der Waals surface area contributed by atoms with Crippen molar-refractivity contribution < 1.29 is 5.11 Å². The third-order valence-corrected chi connectivity index (χ3v) is 1.89. The standard InChI is InChI=1S/C10H10N2O/c13-8-12-7-10(6-11-12)9-4-2-1-3-5-9/h1-7,13H,8H2. The lowest BCUT2D eigenvalue weighted by Crippen LogP contribution is -1.94. The first kappa shape index (κ1) is 8.01. The highest BCUT2D eigenvalue weighted by Crippen LogP contribution is 2.16. The van der Waals surface area contributed by atoms with E-state index < -0.39 is 0 Å². The van der Waals surface area contributed by atoms with E-state index in [9.17, 15) is 0 Å². The SMILES string of the molecule is OCn1cc(-c2ccccc2)cn1. The van der Waals surface area contributed by atoms with Crippen molar-refractivity contribution in [2.24, 2.45) is 0 Å². The minimum absolute atomic E-state index is 0.0766.